The van der Waals surface area contributed by atoms with Gasteiger partial charge in [0.25, 0.3) is 0 Å². The molecular weight excluding hydrogens is 336 g/mol. The van der Waals surface area contributed by atoms with Gasteiger partial charge >= 0.3 is 0 Å². The highest BCUT2D eigenvalue weighted by Crippen LogP contribution is 2.46. The van der Waals surface area contributed by atoms with Crippen molar-refractivity contribution in [3.05, 3.63) is 33.2 Å². The van der Waals surface area contributed by atoms with Gasteiger partial charge in [-0.05, 0) is 42.8 Å². The van der Waals surface area contributed by atoms with Crippen LogP contribution in [-0.2, 0) is 4.79 Å². The second-order valence-corrected chi connectivity index (χ2v) is 7.95. The molecule has 2 unspecified atom stereocenters. The van der Waals surface area contributed by atoms with Crippen LogP contribution in [0.1, 0.15) is 31.7 Å². The van der Waals surface area contributed by atoms with Crippen LogP contribution in [0.15, 0.2) is 24.3 Å². The first-order chi connectivity index (χ1) is 10.6. The Bertz CT molecular complexity index is 811. The van der Waals surface area contributed by atoms with Gasteiger partial charge < -0.3 is 9.88 Å². The molecule has 1 fully saturated rings. The Labute approximate surface area is 142 Å². The Kier molecular flexibility index (Phi) is 3.59. The zero-order valence-electron chi connectivity index (χ0n) is 11.8. The zero-order chi connectivity index (χ0) is 15.3. The fraction of sp³-hybridized carbons (Fsp3) is 0.375. The summed E-state index contributed by atoms with van der Waals surface area (Å²) < 4.78 is 3.00. The lowest BCUT2D eigenvalue weighted by atomic mass is 9.82. The van der Waals surface area contributed by atoms with Crippen LogP contribution in [0.4, 0.5) is 5.82 Å². The molecule has 1 aromatic heterocycles. The van der Waals surface area contributed by atoms with Crippen molar-refractivity contribution in [3.63, 3.8) is 0 Å². The molecular formula is C16H15ClN2OS2. The van der Waals surface area contributed by atoms with Crippen molar-refractivity contribution in [2.24, 2.45) is 5.92 Å². The van der Waals surface area contributed by atoms with E-state index in [0.717, 1.165) is 45.9 Å². The summed E-state index contributed by atoms with van der Waals surface area (Å²) in [5.41, 5.74) is 1.01. The van der Waals surface area contributed by atoms with E-state index in [4.69, 9.17) is 23.8 Å². The van der Waals surface area contributed by atoms with Crippen molar-refractivity contribution < 1.29 is 4.79 Å². The maximum atomic E-state index is 12.5. The molecule has 2 heterocycles. The highest BCUT2D eigenvalue weighted by Gasteiger charge is 2.39. The smallest absolute Gasteiger partial charge is 0.230 e. The van der Waals surface area contributed by atoms with Gasteiger partial charge in [-0.3, -0.25) is 4.79 Å². The van der Waals surface area contributed by atoms with Gasteiger partial charge in [0.2, 0.25) is 5.91 Å². The zero-order valence-corrected chi connectivity index (χ0v) is 14.2. The fourth-order valence-electron chi connectivity index (χ4n) is 3.56. The van der Waals surface area contributed by atoms with Gasteiger partial charge in [0.1, 0.15) is 5.82 Å². The molecule has 6 heteroatoms. The minimum Gasteiger partial charge on any atom is -0.311 e. The number of fused-ring (bicyclic) bond motifs is 3. The lowest BCUT2D eigenvalue weighted by Gasteiger charge is -2.36. The van der Waals surface area contributed by atoms with Gasteiger partial charge in [-0.1, -0.05) is 36.6 Å². The van der Waals surface area contributed by atoms with Crippen LogP contribution in [0.25, 0.3) is 10.4 Å². The van der Waals surface area contributed by atoms with Crippen LogP contribution >= 0.6 is 35.2 Å². The number of halogens is 1. The monoisotopic (exact) mass is 350 g/mol. The number of benzene rings is 1. The van der Waals surface area contributed by atoms with Crippen molar-refractivity contribution in [2.45, 2.75) is 31.7 Å². The fourth-order valence-corrected chi connectivity index (χ4v) is 5.22. The molecule has 0 spiro atoms. The van der Waals surface area contributed by atoms with E-state index in [2.05, 4.69) is 9.88 Å². The summed E-state index contributed by atoms with van der Waals surface area (Å²) in [6.07, 6.45) is 4.28. The third-order valence-electron chi connectivity index (χ3n) is 4.57. The van der Waals surface area contributed by atoms with Gasteiger partial charge in [0.05, 0.1) is 10.8 Å². The third-order valence-corrected chi connectivity index (χ3v) is 6.25. The second kappa shape index (κ2) is 5.48. The van der Waals surface area contributed by atoms with Crippen LogP contribution in [0.3, 0.4) is 0 Å². The van der Waals surface area contributed by atoms with Crippen LogP contribution in [0.5, 0.6) is 0 Å². The molecule has 2 atom stereocenters. The topological polar surface area (TPSA) is 34.0 Å². The molecule has 1 N–H and O–H groups in total. The normalized spacial score (nSPS) is 23.6. The largest absolute Gasteiger partial charge is 0.311 e. The van der Waals surface area contributed by atoms with E-state index in [1.165, 1.54) is 0 Å². The van der Waals surface area contributed by atoms with Crippen molar-refractivity contribution in [2.75, 3.05) is 5.32 Å². The summed E-state index contributed by atoms with van der Waals surface area (Å²) >= 11 is 13.3. The van der Waals surface area contributed by atoms with E-state index >= 15 is 0 Å². The van der Waals surface area contributed by atoms with E-state index in [-0.39, 0.29) is 17.9 Å². The van der Waals surface area contributed by atoms with Gasteiger partial charge in [-0.2, -0.15) is 0 Å². The molecule has 114 valence electrons. The van der Waals surface area contributed by atoms with E-state index in [9.17, 15) is 4.79 Å². The highest BCUT2D eigenvalue weighted by molar-refractivity contribution is 7.73. The molecule has 0 saturated heterocycles. The first-order valence-corrected chi connectivity index (χ1v) is 9.07. The molecule has 22 heavy (non-hydrogen) atoms. The Morgan fingerprint density at radius 3 is 2.95 bits per heavy atom. The van der Waals surface area contributed by atoms with Crippen LogP contribution in [0.2, 0.25) is 5.02 Å². The first-order valence-electron chi connectivity index (χ1n) is 7.47. The molecule has 1 amide bonds. The van der Waals surface area contributed by atoms with Crippen LogP contribution in [0, 0.1) is 9.87 Å². The lowest BCUT2D eigenvalue weighted by molar-refractivity contribution is -0.123. The number of thiazole rings is 1. The number of carbonyl (C=O) groups is 1. The Hall–Kier alpha value is -1.17. The van der Waals surface area contributed by atoms with Crippen molar-refractivity contribution in [1.82, 2.24) is 4.57 Å². The van der Waals surface area contributed by atoms with Gasteiger partial charge in [0, 0.05) is 11.1 Å². The van der Waals surface area contributed by atoms with Crippen LogP contribution in [-0.4, -0.2) is 10.5 Å². The van der Waals surface area contributed by atoms with Gasteiger partial charge in [-0.25, -0.2) is 0 Å². The highest BCUT2D eigenvalue weighted by atomic mass is 35.5. The summed E-state index contributed by atoms with van der Waals surface area (Å²) in [6, 6.07) is 7.91. The number of aromatic nitrogens is 1. The van der Waals surface area contributed by atoms with E-state index < -0.39 is 0 Å². The maximum absolute atomic E-state index is 12.5. The molecule has 1 aliphatic heterocycles. The molecule has 4 rings (SSSR count). The van der Waals surface area contributed by atoms with E-state index in [1.54, 1.807) is 11.3 Å². The molecule has 0 radical (unpaired) electrons. The minimum atomic E-state index is 0.0646. The summed E-state index contributed by atoms with van der Waals surface area (Å²) in [5.74, 6) is 1.06. The van der Waals surface area contributed by atoms with Crippen LogP contribution < -0.4 is 5.32 Å². The molecule has 1 saturated carbocycles. The number of nitrogens with one attached hydrogen (secondary N) is 1. The summed E-state index contributed by atoms with van der Waals surface area (Å²) in [7, 11) is 0. The number of nitrogens with zero attached hydrogens (tertiary/aromatic N) is 1. The molecule has 3 nitrogen and oxygen atoms in total. The number of hydrogen-bond acceptors (Lipinski definition) is 3. The molecule has 0 bridgehead atoms. The number of carbonyl (C=O) groups excluding carboxylic acids is 1. The number of rotatable bonds is 1. The predicted molar refractivity (Wildman–Crippen MR) is 93.2 cm³/mol. The Morgan fingerprint density at radius 1 is 1.32 bits per heavy atom. The molecule has 2 aromatic rings. The van der Waals surface area contributed by atoms with Gasteiger partial charge in [-0.15, -0.1) is 11.3 Å². The molecule has 1 aromatic carbocycles. The second-order valence-electron chi connectivity index (χ2n) is 5.87. The summed E-state index contributed by atoms with van der Waals surface area (Å²) in [6.45, 7) is 0. The van der Waals surface area contributed by atoms with Crippen molar-refractivity contribution in [3.8, 4) is 10.4 Å². The average molecular weight is 351 g/mol. The number of hydrogen-bond donors (Lipinski definition) is 1. The number of anilines is 1. The molecule has 2 aliphatic rings. The standard InChI is InChI=1S/C16H15ClN2OS2/c17-10-5-3-4-9(8-10)13-14-18-15(20)11-6-1-2-7-12(11)19(14)16(21)22-13/h3-5,8,11-12H,1-2,6-7H2,(H,18,20). The minimum absolute atomic E-state index is 0.0646. The third kappa shape index (κ3) is 2.23. The summed E-state index contributed by atoms with van der Waals surface area (Å²) in [5, 5.41) is 3.78. The summed E-state index contributed by atoms with van der Waals surface area (Å²) in [4.78, 5) is 13.5. The van der Waals surface area contributed by atoms with E-state index in [0.29, 0.717) is 5.02 Å². The first kappa shape index (κ1) is 14.4. The lowest BCUT2D eigenvalue weighted by Crippen LogP contribution is -2.39. The maximum Gasteiger partial charge on any atom is 0.230 e. The quantitative estimate of drug-likeness (QED) is 0.709. The van der Waals surface area contributed by atoms with Crippen molar-refractivity contribution >= 4 is 46.9 Å². The Balaban J connectivity index is 1.88. The number of amides is 1. The SMILES string of the molecule is O=C1Nc2c(-c3cccc(Cl)c3)sc(=S)n2C2CCCCC12. The van der Waals surface area contributed by atoms with E-state index in [1.807, 2.05) is 24.3 Å². The molecule has 1 aliphatic carbocycles. The predicted octanol–water partition coefficient (Wildman–Crippen LogP) is 5.28. The van der Waals surface area contributed by atoms with Crippen molar-refractivity contribution in [1.29, 1.82) is 0 Å². The van der Waals surface area contributed by atoms with Gasteiger partial charge in [0.15, 0.2) is 3.95 Å². The Morgan fingerprint density at radius 2 is 2.14 bits per heavy atom. The average Bonchev–Trinajstić information content (AvgIpc) is 2.84.